The average molecular weight is 201 g/mol. The molecule has 13 heavy (non-hydrogen) atoms. The third kappa shape index (κ3) is 2.12. The first-order valence-electron chi connectivity index (χ1n) is 3.92. The van der Waals surface area contributed by atoms with Gasteiger partial charge in [-0.05, 0) is 30.7 Å². The molecule has 1 aromatic rings. The van der Waals surface area contributed by atoms with Gasteiger partial charge < -0.3 is 16.6 Å². The van der Waals surface area contributed by atoms with Crippen LogP contribution in [0.5, 0.6) is 0 Å². The fourth-order valence-corrected chi connectivity index (χ4v) is 1.40. The van der Waals surface area contributed by atoms with Crippen molar-refractivity contribution in [1.29, 1.82) is 0 Å². The third-order valence-electron chi connectivity index (χ3n) is 1.93. The van der Waals surface area contributed by atoms with E-state index in [1.165, 1.54) is 0 Å². The molecule has 3 nitrogen and oxygen atoms in total. The Hall–Kier alpha value is -0.770. The number of halogens is 1. The molecular weight excluding hydrogens is 188 g/mol. The van der Waals surface area contributed by atoms with Crippen LogP contribution in [0.1, 0.15) is 12.5 Å². The molecule has 1 atom stereocenters. The molecule has 0 heterocycles. The van der Waals surface area contributed by atoms with E-state index in [0.29, 0.717) is 16.3 Å². The van der Waals surface area contributed by atoms with Gasteiger partial charge in [-0.2, -0.15) is 0 Å². The lowest BCUT2D eigenvalue weighted by Crippen LogP contribution is -2.37. The van der Waals surface area contributed by atoms with Crippen LogP contribution in [0.15, 0.2) is 18.2 Å². The topological polar surface area (TPSA) is 72.3 Å². The predicted molar refractivity (Wildman–Crippen MR) is 54.5 cm³/mol. The van der Waals surface area contributed by atoms with Crippen LogP contribution < -0.4 is 11.5 Å². The summed E-state index contributed by atoms with van der Waals surface area (Å²) in [7, 11) is 0. The molecule has 4 heteroatoms. The predicted octanol–water partition coefficient (Wildman–Crippen LogP) is 1.09. The van der Waals surface area contributed by atoms with Crippen molar-refractivity contribution in [2.45, 2.75) is 12.5 Å². The molecule has 1 unspecified atom stereocenters. The highest BCUT2D eigenvalue weighted by atomic mass is 35.5. The van der Waals surface area contributed by atoms with Gasteiger partial charge in [-0.3, -0.25) is 0 Å². The second-order valence-corrected chi connectivity index (χ2v) is 3.72. The number of nitrogen functional groups attached to an aromatic ring is 1. The lowest BCUT2D eigenvalue weighted by molar-refractivity contribution is 0.210. The van der Waals surface area contributed by atoms with Crippen LogP contribution in [-0.4, -0.2) is 11.7 Å². The van der Waals surface area contributed by atoms with Gasteiger partial charge in [-0.1, -0.05) is 11.6 Å². The molecular formula is C9H13ClN2O. The molecule has 0 aliphatic carbocycles. The number of benzene rings is 1. The molecule has 1 rings (SSSR count). The number of aliphatic hydroxyl groups excluding tert-OH is 1. The Bertz CT molecular complexity index is 312. The largest absolute Gasteiger partial charge is 0.399 e. The molecule has 72 valence electrons. The smallest absolute Gasteiger partial charge is 0.0651 e. The summed E-state index contributed by atoms with van der Waals surface area (Å²) in [4.78, 5) is 0. The minimum absolute atomic E-state index is 0.170. The molecule has 0 aromatic heterocycles. The minimum atomic E-state index is -0.841. The maximum atomic E-state index is 9.04. The Kier molecular flexibility index (Phi) is 2.81. The van der Waals surface area contributed by atoms with Crippen LogP contribution in [0.25, 0.3) is 0 Å². The van der Waals surface area contributed by atoms with Crippen LogP contribution in [0.4, 0.5) is 5.69 Å². The average Bonchev–Trinajstić information content (AvgIpc) is 2.09. The van der Waals surface area contributed by atoms with Gasteiger partial charge >= 0.3 is 0 Å². The molecule has 5 N–H and O–H groups in total. The Morgan fingerprint density at radius 2 is 2.15 bits per heavy atom. The summed E-state index contributed by atoms with van der Waals surface area (Å²) in [5, 5.41) is 9.56. The van der Waals surface area contributed by atoms with Crippen molar-refractivity contribution in [2.24, 2.45) is 5.73 Å². The molecule has 0 spiro atoms. The number of aliphatic hydroxyl groups is 1. The fraction of sp³-hybridized carbons (Fsp3) is 0.333. The summed E-state index contributed by atoms with van der Waals surface area (Å²) in [6.07, 6.45) is 0. The first-order chi connectivity index (χ1) is 5.97. The first kappa shape index (κ1) is 10.3. The zero-order chi connectivity index (χ0) is 10.1. The Balaban J connectivity index is 3.20. The monoisotopic (exact) mass is 200 g/mol. The van der Waals surface area contributed by atoms with Gasteiger partial charge in [0.05, 0.1) is 12.1 Å². The van der Waals surface area contributed by atoms with E-state index < -0.39 is 5.54 Å². The maximum absolute atomic E-state index is 9.04. The van der Waals surface area contributed by atoms with E-state index in [1.54, 1.807) is 25.1 Å². The Morgan fingerprint density at radius 3 is 2.69 bits per heavy atom. The highest BCUT2D eigenvalue weighted by Crippen LogP contribution is 2.27. The highest BCUT2D eigenvalue weighted by molar-refractivity contribution is 6.31. The summed E-state index contributed by atoms with van der Waals surface area (Å²) in [5.74, 6) is 0. The van der Waals surface area contributed by atoms with Crippen molar-refractivity contribution in [3.63, 3.8) is 0 Å². The van der Waals surface area contributed by atoms with Crippen LogP contribution in [0.3, 0.4) is 0 Å². The van der Waals surface area contributed by atoms with Crippen LogP contribution >= 0.6 is 11.6 Å². The first-order valence-corrected chi connectivity index (χ1v) is 4.30. The van der Waals surface area contributed by atoms with Gasteiger partial charge in [0, 0.05) is 10.7 Å². The number of hydrogen-bond donors (Lipinski definition) is 3. The van der Waals surface area contributed by atoms with Gasteiger partial charge in [0.2, 0.25) is 0 Å². The van der Waals surface area contributed by atoms with Crippen molar-refractivity contribution >= 4 is 17.3 Å². The minimum Gasteiger partial charge on any atom is -0.399 e. The number of anilines is 1. The van der Waals surface area contributed by atoms with Crippen molar-refractivity contribution in [2.75, 3.05) is 12.3 Å². The summed E-state index contributed by atoms with van der Waals surface area (Å²) in [6.45, 7) is 1.53. The molecule has 0 saturated carbocycles. The Labute approximate surface area is 82.3 Å². The second-order valence-electron chi connectivity index (χ2n) is 3.31. The normalized spacial score (nSPS) is 15.4. The van der Waals surface area contributed by atoms with E-state index in [9.17, 15) is 0 Å². The summed E-state index contributed by atoms with van der Waals surface area (Å²) in [5.41, 5.74) is 11.8. The van der Waals surface area contributed by atoms with E-state index in [0.717, 1.165) is 0 Å². The molecule has 0 radical (unpaired) electrons. The van der Waals surface area contributed by atoms with E-state index in [-0.39, 0.29) is 6.61 Å². The standard InChI is InChI=1S/C9H13ClN2O/c1-9(12,5-13)7-4-6(11)2-3-8(7)10/h2-4,13H,5,11-12H2,1H3. The lowest BCUT2D eigenvalue weighted by atomic mass is 9.94. The van der Waals surface area contributed by atoms with E-state index in [2.05, 4.69) is 0 Å². The molecule has 1 aromatic carbocycles. The summed E-state index contributed by atoms with van der Waals surface area (Å²) >= 11 is 5.91. The van der Waals surface area contributed by atoms with Crippen LogP contribution in [0.2, 0.25) is 5.02 Å². The van der Waals surface area contributed by atoms with E-state index >= 15 is 0 Å². The van der Waals surface area contributed by atoms with Crippen LogP contribution in [0, 0.1) is 0 Å². The quantitative estimate of drug-likeness (QED) is 0.626. The molecule has 0 aliphatic heterocycles. The summed E-state index contributed by atoms with van der Waals surface area (Å²) in [6, 6.07) is 5.05. The van der Waals surface area contributed by atoms with Crippen molar-refractivity contribution < 1.29 is 5.11 Å². The van der Waals surface area contributed by atoms with Crippen molar-refractivity contribution in [1.82, 2.24) is 0 Å². The van der Waals surface area contributed by atoms with Crippen LogP contribution in [-0.2, 0) is 5.54 Å². The fourth-order valence-electron chi connectivity index (χ4n) is 1.07. The van der Waals surface area contributed by atoms with E-state index in [4.69, 9.17) is 28.2 Å². The van der Waals surface area contributed by atoms with Gasteiger partial charge in [0.15, 0.2) is 0 Å². The molecule has 0 aliphatic rings. The molecule has 0 fully saturated rings. The maximum Gasteiger partial charge on any atom is 0.0651 e. The summed E-state index contributed by atoms with van der Waals surface area (Å²) < 4.78 is 0. The number of hydrogen-bond acceptors (Lipinski definition) is 3. The third-order valence-corrected chi connectivity index (χ3v) is 2.26. The molecule has 0 amide bonds. The van der Waals surface area contributed by atoms with Gasteiger partial charge in [-0.25, -0.2) is 0 Å². The Morgan fingerprint density at radius 1 is 1.54 bits per heavy atom. The number of rotatable bonds is 2. The number of nitrogens with two attached hydrogens (primary N) is 2. The molecule has 0 saturated heterocycles. The SMILES string of the molecule is CC(N)(CO)c1cc(N)ccc1Cl. The van der Waals surface area contributed by atoms with Gasteiger partial charge in [-0.15, -0.1) is 0 Å². The van der Waals surface area contributed by atoms with Gasteiger partial charge in [0.25, 0.3) is 0 Å². The zero-order valence-electron chi connectivity index (χ0n) is 7.42. The van der Waals surface area contributed by atoms with E-state index in [1.807, 2.05) is 0 Å². The molecule has 0 bridgehead atoms. The van der Waals surface area contributed by atoms with Crippen molar-refractivity contribution in [3.05, 3.63) is 28.8 Å². The lowest BCUT2D eigenvalue weighted by Gasteiger charge is -2.23. The highest BCUT2D eigenvalue weighted by Gasteiger charge is 2.22. The second kappa shape index (κ2) is 3.54. The van der Waals surface area contributed by atoms with Gasteiger partial charge in [0.1, 0.15) is 0 Å². The van der Waals surface area contributed by atoms with Crippen molar-refractivity contribution in [3.8, 4) is 0 Å². The zero-order valence-corrected chi connectivity index (χ0v) is 8.17.